The molecule has 0 spiro atoms. The number of ether oxygens (including phenoxy) is 2. The van der Waals surface area contributed by atoms with Gasteiger partial charge in [0.25, 0.3) is 0 Å². The molecule has 0 atom stereocenters. The van der Waals surface area contributed by atoms with Gasteiger partial charge in [-0.15, -0.1) is 0 Å². The predicted octanol–water partition coefficient (Wildman–Crippen LogP) is 2.39. The van der Waals surface area contributed by atoms with Gasteiger partial charge in [0, 0.05) is 18.2 Å². The topological polar surface area (TPSA) is 62.3 Å². The summed E-state index contributed by atoms with van der Waals surface area (Å²) in [6.07, 6.45) is 1.96. The van der Waals surface area contributed by atoms with Crippen molar-refractivity contribution in [2.45, 2.75) is 19.8 Å². The molecule has 1 aromatic heterocycles. The van der Waals surface area contributed by atoms with Crippen molar-refractivity contribution in [1.82, 2.24) is 9.78 Å². The SMILES string of the molecule is CCCc1c(-c2ccc3c(c2)OCCO3)nn(C)c1N. The molecular formula is C15H19N3O2. The molecule has 20 heavy (non-hydrogen) atoms. The number of nitrogens with zero attached hydrogens (tertiary/aromatic N) is 2. The summed E-state index contributed by atoms with van der Waals surface area (Å²) < 4.78 is 12.9. The maximum atomic E-state index is 6.11. The lowest BCUT2D eigenvalue weighted by atomic mass is 10.0. The number of hydrogen-bond donors (Lipinski definition) is 1. The average Bonchev–Trinajstić information content (AvgIpc) is 2.75. The van der Waals surface area contributed by atoms with Crippen LogP contribution in [0.4, 0.5) is 5.82 Å². The van der Waals surface area contributed by atoms with E-state index in [2.05, 4.69) is 12.0 Å². The Balaban J connectivity index is 2.06. The molecule has 0 fully saturated rings. The standard InChI is InChI=1S/C15H19N3O2/c1-3-4-11-14(17-18(2)15(11)16)10-5-6-12-13(9-10)20-8-7-19-12/h5-6,9H,3-4,7-8,16H2,1-2H3. The van der Waals surface area contributed by atoms with E-state index < -0.39 is 0 Å². The van der Waals surface area contributed by atoms with Gasteiger partial charge < -0.3 is 15.2 Å². The van der Waals surface area contributed by atoms with Gasteiger partial charge in [0.15, 0.2) is 11.5 Å². The Bertz CT molecular complexity index is 634. The minimum atomic E-state index is 0.586. The van der Waals surface area contributed by atoms with Crippen LogP contribution in [0.3, 0.4) is 0 Å². The largest absolute Gasteiger partial charge is 0.486 e. The van der Waals surface area contributed by atoms with Gasteiger partial charge >= 0.3 is 0 Å². The second-order valence-electron chi connectivity index (χ2n) is 4.94. The molecule has 0 unspecified atom stereocenters. The molecule has 2 heterocycles. The fourth-order valence-electron chi connectivity index (χ4n) is 2.50. The molecule has 5 nitrogen and oxygen atoms in total. The molecule has 1 aliphatic rings. The van der Waals surface area contributed by atoms with Crippen molar-refractivity contribution in [3.05, 3.63) is 23.8 Å². The lowest BCUT2D eigenvalue weighted by Crippen LogP contribution is -2.15. The maximum Gasteiger partial charge on any atom is 0.162 e. The van der Waals surface area contributed by atoms with Crippen LogP contribution in [0.1, 0.15) is 18.9 Å². The molecule has 0 saturated heterocycles. The first-order chi connectivity index (χ1) is 9.70. The quantitative estimate of drug-likeness (QED) is 0.932. The number of aromatic nitrogens is 2. The summed E-state index contributed by atoms with van der Waals surface area (Å²) in [7, 11) is 1.87. The van der Waals surface area contributed by atoms with Crippen LogP contribution in [0.25, 0.3) is 11.3 Å². The Hall–Kier alpha value is -2.17. The van der Waals surface area contributed by atoms with Crippen molar-refractivity contribution in [1.29, 1.82) is 0 Å². The van der Waals surface area contributed by atoms with Crippen molar-refractivity contribution in [2.75, 3.05) is 18.9 Å². The fraction of sp³-hybridized carbons (Fsp3) is 0.400. The van der Waals surface area contributed by atoms with Crippen molar-refractivity contribution < 1.29 is 9.47 Å². The lowest BCUT2D eigenvalue weighted by Gasteiger charge is -2.18. The number of anilines is 1. The Labute approximate surface area is 118 Å². The number of nitrogen functional groups attached to an aromatic ring is 1. The zero-order valence-electron chi connectivity index (χ0n) is 11.8. The third kappa shape index (κ3) is 2.09. The summed E-state index contributed by atoms with van der Waals surface area (Å²) in [4.78, 5) is 0. The maximum absolute atomic E-state index is 6.11. The van der Waals surface area contributed by atoms with Crippen LogP contribution < -0.4 is 15.2 Å². The number of fused-ring (bicyclic) bond motifs is 1. The predicted molar refractivity (Wildman–Crippen MR) is 78.0 cm³/mol. The summed E-state index contributed by atoms with van der Waals surface area (Å²) >= 11 is 0. The van der Waals surface area contributed by atoms with E-state index in [0.29, 0.717) is 13.2 Å². The van der Waals surface area contributed by atoms with E-state index in [1.165, 1.54) is 0 Å². The third-order valence-corrected chi connectivity index (χ3v) is 3.51. The molecule has 0 aliphatic carbocycles. The average molecular weight is 273 g/mol. The number of hydrogen-bond acceptors (Lipinski definition) is 4. The Kier molecular flexibility index (Phi) is 3.26. The highest BCUT2D eigenvalue weighted by molar-refractivity contribution is 5.71. The Morgan fingerprint density at radius 1 is 1.25 bits per heavy atom. The van der Waals surface area contributed by atoms with Gasteiger partial charge in [-0.05, 0) is 24.6 Å². The second kappa shape index (κ2) is 5.07. The minimum Gasteiger partial charge on any atom is -0.486 e. The van der Waals surface area contributed by atoms with Gasteiger partial charge in [0.05, 0.1) is 5.69 Å². The van der Waals surface area contributed by atoms with Gasteiger partial charge in [-0.3, -0.25) is 4.68 Å². The third-order valence-electron chi connectivity index (χ3n) is 3.51. The normalized spacial score (nSPS) is 13.5. The van der Waals surface area contributed by atoms with Gasteiger partial charge in [0.2, 0.25) is 0 Å². The summed E-state index contributed by atoms with van der Waals surface area (Å²) in [5, 5.41) is 4.54. The van der Waals surface area contributed by atoms with Crippen molar-refractivity contribution in [3.8, 4) is 22.8 Å². The molecule has 0 radical (unpaired) electrons. The summed E-state index contributed by atoms with van der Waals surface area (Å²) in [6, 6.07) is 5.92. The second-order valence-corrected chi connectivity index (χ2v) is 4.94. The van der Waals surface area contributed by atoms with Crippen LogP contribution in [-0.4, -0.2) is 23.0 Å². The first-order valence-electron chi connectivity index (χ1n) is 6.92. The molecule has 5 heteroatoms. The molecule has 0 saturated carbocycles. The highest BCUT2D eigenvalue weighted by atomic mass is 16.6. The highest BCUT2D eigenvalue weighted by Crippen LogP contribution is 2.36. The van der Waals surface area contributed by atoms with Crippen LogP contribution in [0.15, 0.2) is 18.2 Å². The first kappa shape index (κ1) is 12.8. The van der Waals surface area contributed by atoms with E-state index in [1.54, 1.807) is 4.68 Å². The molecule has 0 amide bonds. The van der Waals surface area contributed by atoms with Gasteiger partial charge in [-0.2, -0.15) is 5.10 Å². The van der Waals surface area contributed by atoms with E-state index in [4.69, 9.17) is 15.2 Å². The molecule has 3 rings (SSSR count). The van der Waals surface area contributed by atoms with Crippen LogP contribution in [0, 0.1) is 0 Å². The minimum absolute atomic E-state index is 0.586. The molecule has 2 aromatic rings. The van der Waals surface area contributed by atoms with E-state index >= 15 is 0 Å². The van der Waals surface area contributed by atoms with Crippen molar-refractivity contribution >= 4 is 5.82 Å². The molecule has 2 N–H and O–H groups in total. The Morgan fingerprint density at radius 3 is 2.75 bits per heavy atom. The number of benzene rings is 1. The van der Waals surface area contributed by atoms with E-state index in [1.807, 2.05) is 25.2 Å². The smallest absolute Gasteiger partial charge is 0.162 e. The van der Waals surface area contributed by atoms with Crippen LogP contribution >= 0.6 is 0 Å². The lowest BCUT2D eigenvalue weighted by molar-refractivity contribution is 0.171. The van der Waals surface area contributed by atoms with Crippen LogP contribution in [0.5, 0.6) is 11.5 Å². The van der Waals surface area contributed by atoms with E-state index in [9.17, 15) is 0 Å². The number of rotatable bonds is 3. The fourth-order valence-corrected chi connectivity index (χ4v) is 2.50. The molecule has 106 valence electrons. The Morgan fingerprint density at radius 2 is 2.00 bits per heavy atom. The number of aryl methyl sites for hydroxylation is 1. The van der Waals surface area contributed by atoms with Gasteiger partial charge in [0.1, 0.15) is 19.0 Å². The van der Waals surface area contributed by atoms with E-state index in [0.717, 1.165) is 47.0 Å². The first-order valence-corrected chi connectivity index (χ1v) is 6.92. The summed E-state index contributed by atoms with van der Waals surface area (Å²) in [6.45, 7) is 3.33. The monoisotopic (exact) mass is 273 g/mol. The summed E-state index contributed by atoms with van der Waals surface area (Å²) in [5.41, 5.74) is 9.17. The zero-order valence-corrected chi connectivity index (χ0v) is 11.8. The summed E-state index contributed by atoms with van der Waals surface area (Å²) in [5.74, 6) is 2.30. The molecule has 1 aromatic carbocycles. The molecule has 1 aliphatic heterocycles. The van der Waals surface area contributed by atoms with Crippen molar-refractivity contribution in [2.24, 2.45) is 7.05 Å². The molecular weight excluding hydrogens is 254 g/mol. The van der Waals surface area contributed by atoms with Crippen LogP contribution in [-0.2, 0) is 13.5 Å². The highest BCUT2D eigenvalue weighted by Gasteiger charge is 2.18. The van der Waals surface area contributed by atoms with Gasteiger partial charge in [-0.1, -0.05) is 13.3 Å². The number of nitrogens with two attached hydrogens (primary N) is 1. The van der Waals surface area contributed by atoms with Gasteiger partial charge in [-0.25, -0.2) is 0 Å². The van der Waals surface area contributed by atoms with E-state index in [-0.39, 0.29) is 0 Å². The zero-order chi connectivity index (χ0) is 14.1. The van der Waals surface area contributed by atoms with Crippen molar-refractivity contribution in [3.63, 3.8) is 0 Å². The van der Waals surface area contributed by atoms with Crippen LogP contribution in [0.2, 0.25) is 0 Å². The molecule has 0 bridgehead atoms.